The quantitative estimate of drug-likeness (QED) is 0.135. The van der Waals surface area contributed by atoms with E-state index >= 15 is 0 Å². The van der Waals surface area contributed by atoms with Gasteiger partial charge in [-0.1, -0.05) is 81.4 Å². The van der Waals surface area contributed by atoms with Gasteiger partial charge in [0.15, 0.2) is 0 Å². The second-order valence-electron chi connectivity index (χ2n) is 12.2. The Morgan fingerprint density at radius 3 is 1.94 bits per heavy atom. The molecule has 3 atom stereocenters. The zero-order valence-corrected chi connectivity index (χ0v) is 28.7. The molecule has 5 N–H and O–H groups in total. The average molecular weight is 667 g/mol. The maximum atomic E-state index is 14.0. The van der Waals surface area contributed by atoms with Crippen LogP contribution in [0, 0.1) is 5.92 Å². The molecular formula is C36H50N4O6S. The number of nitrogens with zero attached hydrogens (tertiary/aromatic N) is 1. The van der Waals surface area contributed by atoms with Crippen molar-refractivity contribution in [2.75, 3.05) is 26.0 Å². The second-order valence-corrected chi connectivity index (χ2v) is 14.1. The number of carbonyl (C=O) groups is 2. The van der Waals surface area contributed by atoms with Crippen molar-refractivity contribution in [1.29, 1.82) is 0 Å². The van der Waals surface area contributed by atoms with Gasteiger partial charge in [0.05, 0.1) is 18.6 Å². The van der Waals surface area contributed by atoms with Gasteiger partial charge in [-0.3, -0.25) is 4.79 Å². The van der Waals surface area contributed by atoms with Crippen molar-refractivity contribution in [2.24, 2.45) is 5.92 Å². The summed E-state index contributed by atoms with van der Waals surface area (Å²) in [4.78, 5) is 26.6. The van der Waals surface area contributed by atoms with Crippen LogP contribution in [0.2, 0.25) is 0 Å². The first kappa shape index (κ1) is 37.5. The number of aliphatic hydroxyl groups is 1. The number of aliphatic hydroxyl groups excluding tert-OH is 1. The summed E-state index contributed by atoms with van der Waals surface area (Å²) in [5.41, 5.74) is 7.97. The van der Waals surface area contributed by atoms with Crippen molar-refractivity contribution in [3.8, 4) is 0 Å². The standard InChI is InChI=1S/C36H50N4O6S/c1-5-30(17-12-18-31(25-41)40(24-23-26(2)3)47(44,45)32-21-19-29(37)20-22-32)38-35(42)34(39-36(43)46-4)33(27-13-8-6-9-14-27)28-15-10-7-11-16-28/h6-11,13-16,19-22,26,30-31,33-34,41H,5,12,17-18,23-25,37H2,1-4H3,(H,38,42)(H,39,43)/t30-,31-,34-/m0/s1. The number of ether oxygens (including phenoxy) is 1. The lowest BCUT2D eigenvalue weighted by Gasteiger charge is -2.31. The van der Waals surface area contributed by atoms with Gasteiger partial charge in [-0.2, -0.15) is 4.31 Å². The predicted molar refractivity (Wildman–Crippen MR) is 185 cm³/mol. The Morgan fingerprint density at radius 2 is 1.45 bits per heavy atom. The van der Waals surface area contributed by atoms with Gasteiger partial charge in [-0.05, 0) is 73.4 Å². The zero-order valence-electron chi connectivity index (χ0n) is 27.8. The first-order valence-electron chi connectivity index (χ1n) is 16.2. The Kier molecular flexibility index (Phi) is 14.7. The molecule has 3 aromatic rings. The highest BCUT2D eigenvalue weighted by Crippen LogP contribution is 2.29. The lowest BCUT2D eigenvalue weighted by Crippen LogP contribution is -2.52. The minimum absolute atomic E-state index is 0.128. The zero-order chi connectivity index (χ0) is 34.4. The number of hydrogen-bond acceptors (Lipinski definition) is 7. The van der Waals surface area contributed by atoms with Crippen LogP contribution in [0.4, 0.5) is 10.5 Å². The fraction of sp³-hybridized carbons (Fsp3) is 0.444. The molecule has 0 radical (unpaired) electrons. The number of sulfonamides is 1. The van der Waals surface area contributed by atoms with Crippen LogP contribution in [0.5, 0.6) is 0 Å². The first-order chi connectivity index (χ1) is 22.5. The molecule has 0 aromatic heterocycles. The Bertz CT molecular complexity index is 1450. The van der Waals surface area contributed by atoms with E-state index in [-0.39, 0.29) is 35.9 Å². The number of carbonyl (C=O) groups excluding carboxylic acids is 2. The summed E-state index contributed by atoms with van der Waals surface area (Å²) >= 11 is 0. The van der Waals surface area contributed by atoms with Crippen LogP contribution in [0.15, 0.2) is 89.8 Å². The second kappa shape index (κ2) is 18.4. The molecule has 0 fully saturated rings. The van der Waals surface area contributed by atoms with Crippen LogP contribution in [0.25, 0.3) is 0 Å². The Morgan fingerprint density at radius 1 is 0.872 bits per heavy atom. The number of rotatable bonds is 18. The molecule has 0 aliphatic rings. The van der Waals surface area contributed by atoms with Gasteiger partial charge in [0.2, 0.25) is 15.9 Å². The highest BCUT2D eigenvalue weighted by molar-refractivity contribution is 7.89. The molecule has 0 saturated heterocycles. The van der Waals surface area contributed by atoms with E-state index in [9.17, 15) is 23.1 Å². The maximum absolute atomic E-state index is 14.0. The first-order valence-corrected chi connectivity index (χ1v) is 17.7. The van der Waals surface area contributed by atoms with E-state index in [0.29, 0.717) is 37.8 Å². The molecule has 0 saturated carbocycles. The molecule has 0 aliphatic carbocycles. The SMILES string of the molecule is CC[C@@H](CCC[C@@H](CO)N(CCC(C)C)S(=O)(=O)c1ccc(N)cc1)NC(=O)[C@@H](NC(=O)OC)C(c1ccccc1)c1ccccc1. The minimum atomic E-state index is -3.89. The molecule has 11 heteroatoms. The lowest BCUT2D eigenvalue weighted by atomic mass is 9.84. The van der Waals surface area contributed by atoms with Gasteiger partial charge in [-0.15, -0.1) is 0 Å². The molecule has 0 aliphatic heterocycles. The maximum Gasteiger partial charge on any atom is 0.407 e. The smallest absolute Gasteiger partial charge is 0.407 e. The van der Waals surface area contributed by atoms with Crippen LogP contribution in [0.3, 0.4) is 0 Å². The van der Waals surface area contributed by atoms with Crippen LogP contribution < -0.4 is 16.4 Å². The van der Waals surface area contributed by atoms with E-state index in [1.165, 1.54) is 23.5 Å². The van der Waals surface area contributed by atoms with Gasteiger partial charge < -0.3 is 26.2 Å². The highest BCUT2D eigenvalue weighted by atomic mass is 32.2. The number of hydrogen-bond donors (Lipinski definition) is 4. The molecule has 256 valence electrons. The summed E-state index contributed by atoms with van der Waals surface area (Å²) in [6, 6.07) is 23.3. The number of alkyl carbamates (subject to hydrolysis) is 1. The van der Waals surface area contributed by atoms with E-state index in [1.807, 2.05) is 81.4 Å². The van der Waals surface area contributed by atoms with Crippen molar-refractivity contribution >= 4 is 27.7 Å². The molecule has 2 amide bonds. The number of amides is 2. The molecule has 0 bridgehead atoms. The highest BCUT2D eigenvalue weighted by Gasteiger charge is 2.34. The fourth-order valence-electron chi connectivity index (χ4n) is 5.64. The summed E-state index contributed by atoms with van der Waals surface area (Å²) in [5.74, 6) is -0.579. The topological polar surface area (TPSA) is 151 Å². The van der Waals surface area contributed by atoms with E-state index in [0.717, 1.165) is 11.1 Å². The van der Waals surface area contributed by atoms with Gasteiger partial charge in [0, 0.05) is 30.2 Å². The van der Waals surface area contributed by atoms with Crippen LogP contribution in [-0.2, 0) is 19.6 Å². The third-order valence-electron chi connectivity index (χ3n) is 8.35. The van der Waals surface area contributed by atoms with Crippen molar-refractivity contribution in [2.45, 2.75) is 81.8 Å². The normalized spacial score (nSPS) is 13.7. The van der Waals surface area contributed by atoms with Gasteiger partial charge in [-0.25, -0.2) is 13.2 Å². The number of methoxy groups -OCH3 is 1. The fourth-order valence-corrected chi connectivity index (χ4v) is 7.30. The number of nitrogens with two attached hydrogens (primary N) is 1. The number of benzene rings is 3. The summed E-state index contributed by atoms with van der Waals surface area (Å²) in [5, 5.41) is 16.3. The Hall–Kier alpha value is -3.93. The monoisotopic (exact) mass is 666 g/mol. The van der Waals surface area contributed by atoms with Crippen molar-refractivity contribution < 1.29 is 27.9 Å². The third kappa shape index (κ3) is 10.8. The average Bonchev–Trinajstić information content (AvgIpc) is 3.07. The number of nitrogen functional groups attached to an aromatic ring is 1. The van der Waals surface area contributed by atoms with E-state index < -0.39 is 34.1 Å². The molecule has 3 rings (SSSR count). The third-order valence-corrected chi connectivity index (χ3v) is 10.3. The van der Waals surface area contributed by atoms with Gasteiger partial charge in [0.1, 0.15) is 6.04 Å². The van der Waals surface area contributed by atoms with Crippen LogP contribution in [0.1, 0.15) is 69.9 Å². The molecule has 10 nitrogen and oxygen atoms in total. The van der Waals surface area contributed by atoms with Crippen molar-refractivity contribution in [1.82, 2.24) is 14.9 Å². The number of anilines is 1. The molecule has 0 spiro atoms. The molecule has 0 unspecified atom stereocenters. The lowest BCUT2D eigenvalue weighted by molar-refractivity contribution is -0.124. The largest absolute Gasteiger partial charge is 0.453 e. The van der Waals surface area contributed by atoms with Crippen molar-refractivity contribution in [3.63, 3.8) is 0 Å². The minimum Gasteiger partial charge on any atom is -0.453 e. The van der Waals surface area contributed by atoms with E-state index in [2.05, 4.69) is 10.6 Å². The molecule has 0 heterocycles. The summed E-state index contributed by atoms with van der Waals surface area (Å²) in [6.45, 7) is 5.95. The molecule has 47 heavy (non-hydrogen) atoms. The molecule has 3 aromatic carbocycles. The summed E-state index contributed by atoms with van der Waals surface area (Å²) < 4.78 is 33.7. The Balaban J connectivity index is 1.79. The predicted octanol–water partition coefficient (Wildman–Crippen LogP) is 5.29. The summed E-state index contributed by atoms with van der Waals surface area (Å²) in [6.07, 6.45) is 2.03. The Labute approximate surface area is 279 Å². The van der Waals surface area contributed by atoms with Crippen molar-refractivity contribution in [3.05, 3.63) is 96.1 Å². The van der Waals surface area contributed by atoms with Crippen LogP contribution >= 0.6 is 0 Å². The molecular weight excluding hydrogens is 616 g/mol. The van der Waals surface area contributed by atoms with Gasteiger partial charge >= 0.3 is 6.09 Å². The van der Waals surface area contributed by atoms with E-state index in [4.69, 9.17) is 10.5 Å². The number of nitrogens with one attached hydrogen (secondary N) is 2. The summed E-state index contributed by atoms with van der Waals surface area (Å²) in [7, 11) is -2.63. The van der Waals surface area contributed by atoms with Crippen LogP contribution in [-0.4, -0.2) is 68.2 Å². The van der Waals surface area contributed by atoms with E-state index in [1.54, 1.807) is 12.1 Å². The van der Waals surface area contributed by atoms with Gasteiger partial charge in [0.25, 0.3) is 0 Å².